The van der Waals surface area contributed by atoms with Crippen LogP contribution in [0.5, 0.6) is 28.7 Å². The van der Waals surface area contributed by atoms with Crippen molar-refractivity contribution in [3.8, 4) is 28.7 Å². The Hall–Kier alpha value is -4.92. The van der Waals surface area contributed by atoms with E-state index in [4.69, 9.17) is 14.2 Å². The van der Waals surface area contributed by atoms with Gasteiger partial charge in [-0.3, -0.25) is 0 Å². The lowest BCUT2D eigenvalue weighted by Gasteiger charge is -2.22. The van der Waals surface area contributed by atoms with Gasteiger partial charge in [-0.15, -0.1) is 0 Å². The van der Waals surface area contributed by atoms with Crippen LogP contribution >= 0.6 is 0 Å². The van der Waals surface area contributed by atoms with E-state index in [2.05, 4.69) is 31.2 Å². The van der Waals surface area contributed by atoms with E-state index < -0.39 is 23.5 Å². The first-order chi connectivity index (χ1) is 23.7. The summed E-state index contributed by atoms with van der Waals surface area (Å²) in [5, 5.41) is 0. The van der Waals surface area contributed by atoms with E-state index in [0.717, 1.165) is 41.1 Å². The molecule has 0 saturated heterocycles. The number of ether oxygens (including phenoxy) is 3. The minimum Gasteiger partial charge on any atom is -0.490 e. The fraction of sp³-hybridized carbons (Fsp3) is 0.268. The molecule has 264 valence electrons. The molecule has 0 aliphatic heterocycles. The second-order valence-electron chi connectivity index (χ2n) is 12.1. The third-order valence-corrected chi connectivity index (χ3v) is 7.73. The van der Waals surface area contributed by atoms with Crippen LogP contribution in [0.4, 0.5) is 26.3 Å². The Morgan fingerprint density at radius 3 is 1.28 bits per heavy atom. The van der Waals surface area contributed by atoms with Crippen LogP contribution in [-0.4, -0.2) is 6.10 Å². The van der Waals surface area contributed by atoms with Gasteiger partial charge < -0.3 is 14.2 Å². The highest BCUT2D eigenvalue weighted by molar-refractivity contribution is 5.37. The molecule has 5 aromatic carbocycles. The fourth-order valence-electron chi connectivity index (χ4n) is 4.92. The summed E-state index contributed by atoms with van der Waals surface area (Å²) in [6.45, 7) is 5.97. The zero-order valence-corrected chi connectivity index (χ0v) is 28.2. The van der Waals surface area contributed by atoms with Gasteiger partial charge in [-0.1, -0.05) is 65.6 Å². The van der Waals surface area contributed by atoms with Crippen LogP contribution in [0, 0.1) is 20.8 Å². The van der Waals surface area contributed by atoms with Crippen LogP contribution < -0.4 is 14.2 Å². The quantitative estimate of drug-likeness (QED) is 0.166. The Kier molecular flexibility index (Phi) is 13.4. The van der Waals surface area contributed by atoms with Crippen molar-refractivity contribution in [2.75, 3.05) is 0 Å². The maximum Gasteiger partial charge on any atom is 0.416 e. The number of halogens is 6. The smallest absolute Gasteiger partial charge is 0.416 e. The molecular weight excluding hydrogens is 654 g/mol. The molecule has 0 atom stereocenters. The maximum atomic E-state index is 12.5. The zero-order chi connectivity index (χ0) is 36.1. The predicted octanol–water partition coefficient (Wildman–Crippen LogP) is 13.3. The maximum absolute atomic E-state index is 12.5. The Bertz CT molecular complexity index is 1720. The van der Waals surface area contributed by atoms with Crippen LogP contribution in [0.1, 0.15) is 59.9 Å². The summed E-state index contributed by atoms with van der Waals surface area (Å²) >= 11 is 0. The van der Waals surface area contributed by atoms with Gasteiger partial charge in [0.25, 0.3) is 0 Å². The van der Waals surface area contributed by atoms with Gasteiger partial charge in [-0.2, -0.15) is 26.3 Å². The van der Waals surface area contributed by atoms with Gasteiger partial charge in [0.05, 0.1) is 17.2 Å². The second kappa shape index (κ2) is 17.7. The van der Waals surface area contributed by atoms with Gasteiger partial charge in [-0.25, -0.2) is 0 Å². The third-order valence-electron chi connectivity index (χ3n) is 7.73. The second-order valence-corrected chi connectivity index (χ2v) is 12.1. The van der Waals surface area contributed by atoms with Crippen LogP contribution in [0.15, 0.2) is 121 Å². The molecule has 1 aliphatic rings. The largest absolute Gasteiger partial charge is 0.490 e. The topological polar surface area (TPSA) is 27.7 Å². The first kappa shape index (κ1) is 37.9. The normalized spacial score (nSPS) is 13.2. The van der Waals surface area contributed by atoms with Gasteiger partial charge in [-0.05, 0) is 125 Å². The van der Waals surface area contributed by atoms with Gasteiger partial charge >= 0.3 is 12.4 Å². The molecule has 0 aromatic heterocycles. The number of hydrogen-bond donors (Lipinski definition) is 0. The molecule has 1 fully saturated rings. The van der Waals surface area contributed by atoms with Gasteiger partial charge in [0.2, 0.25) is 0 Å². The van der Waals surface area contributed by atoms with Crippen molar-refractivity contribution in [1.29, 1.82) is 0 Å². The first-order valence-corrected chi connectivity index (χ1v) is 16.3. The first-order valence-electron chi connectivity index (χ1n) is 16.3. The van der Waals surface area contributed by atoms with Crippen molar-refractivity contribution in [3.63, 3.8) is 0 Å². The average molecular weight is 695 g/mol. The number of alkyl halides is 6. The van der Waals surface area contributed by atoms with E-state index in [1.54, 1.807) is 24.3 Å². The van der Waals surface area contributed by atoms with Crippen molar-refractivity contribution in [2.24, 2.45) is 0 Å². The summed E-state index contributed by atoms with van der Waals surface area (Å²) in [6.07, 6.45) is -1.70. The highest BCUT2D eigenvalue weighted by atomic mass is 19.4. The lowest BCUT2D eigenvalue weighted by molar-refractivity contribution is -0.138. The van der Waals surface area contributed by atoms with E-state index in [9.17, 15) is 26.3 Å². The Morgan fingerprint density at radius 2 is 0.840 bits per heavy atom. The van der Waals surface area contributed by atoms with Crippen LogP contribution in [0.3, 0.4) is 0 Å². The lowest BCUT2D eigenvalue weighted by Crippen LogP contribution is -2.19. The Morgan fingerprint density at radius 1 is 0.440 bits per heavy atom. The molecule has 5 aromatic rings. The summed E-state index contributed by atoms with van der Waals surface area (Å²) in [4.78, 5) is 0. The van der Waals surface area contributed by atoms with Crippen molar-refractivity contribution in [1.82, 2.24) is 0 Å². The zero-order valence-electron chi connectivity index (χ0n) is 28.2. The summed E-state index contributed by atoms with van der Waals surface area (Å²) in [5.74, 6) is 2.70. The lowest BCUT2D eigenvalue weighted by atomic mass is 9.98. The Balaban J connectivity index is 0.000000170. The number of benzene rings is 5. The van der Waals surface area contributed by atoms with Crippen molar-refractivity contribution < 1.29 is 40.6 Å². The third kappa shape index (κ3) is 12.8. The average Bonchev–Trinajstić information content (AvgIpc) is 3.09. The fourth-order valence-corrected chi connectivity index (χ4v) is 4.92. The van der Waals surface area contributed by atoms with Crippen LogP contribution in [0.25, 0.3) is 0 Å². The summed E-state index contributed by atoms with van der Waals surface area (Å²) < 4.78 is 91.3. The molecule has 0 unspecified atom stereocenters. The van der Waals surface area contributed by atoms with E-state index in [1.807, 2.05) is 38.1 Å². The molecule has 0 amide bonds. The SMILES string of the molecule is Cc1ccc(OC2CCCCC2)cc1.Cc1ccc(Oc2ccc(C(F)(F)F)cc2)cc1.Cc1ccc(Oc2cccc(C(F)(F)F)c2)cc1. The molecule has 6 rings (SSSR count). The predicted molar refractivity (Wildman–Crippen MR) is 184 cm³/mol. The molecule has 0 spiro atoms. The number of hydrogen-bond acceptors (Lipinski definition) is 3. The molecule has 3 nitrogen and oxygen atoms in total. The van der Waals surface area contributed by atoms with Gasteiger partial charge in [0, 0.05) is 0 Å². The summed E-state index contributed by atoms with van der Waals surface area (Å²) in [6, 6.07) is 32.2. The highest BCUT2D eigenvalue weighted by Gasteiger charge is 2.31. The van der Waals surface area contributed by atoms with Gasteiger partial charge in [0.1, 0.15) is 28.7 Å². The standard InChI is InChI=1S/2C14H11F3O.C13H18O/c1-10-2-6-12(7-3-10)18-13-8-4-11(5-9-13)14(15,16)17;1-10-5-7-12(8-6-10)18-13-4-2-3-11(9-13)14(15,16)17;1-11-7-9-13(10-8-11)14-12-5-3-2-4-6-12/h2*2-9H,1H3;7-10,12H,2-6H2,1H3. The van der Waals surface area contributed by atoms with Crippen molar-refractivity contribution in [2.45, 2.75) is 71.3 Å². The molecular formula is C41H40F6O3. The van der Waals surface area contributed by atoms with E-state index >= 15 is 0 Å². The molecule has 0 heterocycles. The molecule has 50 heavy (non-hydrogen) atoms. The van der Waals surface area contributed by atoms with Crippen molar-refractivity contribution >= 4 is 0 Å². The molecule has 0 N–H and O–H groups in total. The number of rotatable bonds is 6. The monoisotopic (exact) mass is 694 g/mol. The number of aryl methyl sites for hydroxylation is 3. The highest BCUT2D eigenvalue weighted by Crippen LogP contribution is 2.33. The summed E-state index contributed by atoms with van der Waals surface area (Å²) in [5.41, 5.74) is 2.05. The molecule has 1 aliphatic carbocycles. The summed E-state index contributed by atoms with van der Waals surface area (Å²) in [7, 11) is 0. The van der Waals surface area contributed by atoms with E-state index in [-0.39, 0.29) is 5.75 Å². The van der Waals surface area contributed by atoms with Crippen LogP contribution in [-0.2, 0) is 12.4 Å². The molecule has 0 radical (unpaired) electrons. The van der Waals surface area contributed by atoms with Gasteiger partial charge in [0.15, 0.2) is 0 Å². The van der Waals surface area contributed by atoms with E-state index in [1.165, 1.54) is 61.9 Å². The Labute approximate surface area is 289 Å². The van der Waals surface area contributed by atoms with Crippen LogP contribution in [0.2, 0.25) is 0 Å². The van der Waals surface area contributed by atoms with Crippen molar-refractivity contribution in [3.05, 3.63) is 149 Å². The minimum atomic E-state index is -4.35. The minimum absolute atomic E-state index is 0.175. The molecule has 0 bridgehead atoms. The molecule has 1 saturated carbocycles. The molecule has 9 heteroatoms. The van der Waals surface area contributed by atoms with E-state index in [0.29, 0.717) is 23.4 Å².